The first-order chi connectivity index (χ1) is 14.9. The molecule has 0 bridgehead atoms. The minimum absolute atomic E-state index is 0.0525. The molecule has 1 fully saturated rings. The van der Waals surface area contributed by atoms with Gasteiger partial charge in [0.2, 0.25) is 12.0 Å². The van der Waals surface area contributed by atoms with Crippen LogP contribution in [0.1, 0.15) is 0 Å². The van der Waals surface area contributed by atoms with Gasteiger partial charge in [0.25, 0.3) is 0 Å². The van der Waals surface area contributed by atoms with E-state index in [9.17, 15) is 25.2 Å². The first-order valence-electron chi connectivity index (χ1n) is 9.49. The third kappa shape index (κ3) is 3.48. The molecule has 1 saturated heterocycles. The van der Waals surface area contributed by atoms with Crippen molar-refractivity contribution in [2.24, 2.45) is 0 Å². The van der Waals surface area contributed by atoms with Gasteiger partial charge in [-0.1, -0.05) is 6.07 Å². The third-order valence-electron chi connectivity index (χ3n) is 5.30. The van der Waals surface area contributed by atoms with Gasteiger partial charge in [-0.05, 0) is 24.3 Å². The van der Waals surface area contributed by atoms with Crippen LogP contribution in [0.3, 0.4) is 0 Å². The average molecular weight is 434 g/mol. The summed E-state index contributed by atoms with van der Waals surface area (Å²) < 4.78 is 27.4. The summed E-state index contributed by atoms with van der Waals surface area (Å²) in [4.78, 5) is 12.6. The molecule has 10 heteroatoms. The van der Waals surface area contributed by atoms with Gasteiger partial charge in [0, 0.05) is 10.8 Å². The number of hydrogen-bond donors (Lipinski definition) is 4. The van der Waals surface area contributed by atoms with Crippen molar-refractivity contribution in [3.63, 3.8) is 0 Å². The molecule has 1 aliphatic rings. The zero-order valence-corrected chi connectivity index (χ0v) is 16.7. The van der Waals surface area contributed by atoms with E-state index in [1.165, 1.54) is 20.3 Å². The molecule has 2 aromatic carbocycles. The maximum absolute atomic E-state index is 12.6. The summed E-state index contributed by atoms with van der Waals surface area (Å²) in [6.45, 7) is -0.597. The fourth-order valence-electron chi connectivity index (χ4n) is 3.72. The van der Waals surface area contributed by atoms with Crippen LogP contribution < -0.4 is 19.8 Å². The Morgan fingerprint density at radius 2 is 1.71 bits per heavy atom. The molecule has 10 nitrogen and oxygen atoms in total. The molecule has 0 spiro atoms. The molecule has 0 unspecified atom stereocenters. The fourth-order valence-corrected chi connectivity index (χ4v) is 3.72. The van der Waals surface area contributed by atoms with Crippen LogP contribution in [0.2, 0.25) is 0 Å². The van der Waals surface area contributed by atoms with Crippen LogP contribution in [0.25, 0.3) is 21.7 Å². The molecule has 1 aliphatic heterocycles. The van der Waals surface area contributed by atoms with Crippen molar-refractivity contribution in [3.8, 4) is 17.2 Å². The Morgan fingerprint density at radius 1 is 0.935 bits per heavy atom. The second-order valence-corrected chi connectivity index (χ2v) is 7.06. The van der Waals surface area contributed by atoms with Gasteiger partial charge < -0.3 is 43.8 Å². The van der Waals surface area contributed by atoms with E-state index in [0.717, 1.165) is 0 Å². The predicted octanol–water partition coefficient (Wildman–Crippen LogP) is 0.142. The summed E-state index contributed by atoms with van der Waals surface area (Å²) in [7, 11) is 2.84. The number of methoxy groups -OCH3 is 2. The summed E-state index contributed by atoms with van der Waals surface area (Å²) in [5.74, 6) is 0.580. The van der Waals surface area contributed by atoms with Crippen LogP contribution in [0.4, 0.5) is 0 Å². The van der Waals surface area contributed by atoms with Crippen molar-refractivity contribution in [3.05, 3.63) is 40.8 Å². The van der Waals surface area contributed by atoms with E-state index in [1.807, 2.05) is 0 Å². The highest BCUT2D eigenvalue weighted by Gasteiger charge is 2.45. The largest absolute Gasteiger partial charge is 0.496 e. The summed E-state index contributed by atoms with van der Waals surface area (Å²) in [6, 6.07) is 8.16. The molecule has 0 saturated carbocycles. The van der Waals surface area contributed by atoms with Crippen molar-refractivity contribution in [1.82, 2.24) is 0 Å². The number of aliphatic hydroxyl groups excluding tert-OH is 4. The molecule has 4 rings (SSSR count). The van der Waals surface area contributed by atoms with E-state index in [4.69, 9.17) is 23.4 Å². The summed E-state index contributed by atoms with van der Waals surface area (Å²) in [5, 5.41) is 40.9. The van der Waals surface area contributed by atoms with E-state index in [2.05, 4.69) is 0 Å². The second kappa shape index (κ2) is 8.33. The standard InChI is InChI=1S/C21H22O10/c1-27-11-5-3-4-10-14(11)9-6-7-12(19(28-2)18(9)31-20(10)26)29-21-17(25)16(24)15(23)13(8-22)30-21/h3-7,13,15-17,21-25H,8H2,1-2H3/t13-,15-,16+,17-,21-/m1/s1. The molecular weight excluding hydrogens is 412 g/mol. The van der Waals surface area contributed by atoms with Gasteiger partial charge in [-0.2, -0.15) is 0 Å². The van der Waals surface area contributed by atoms with Crippen molar-refractivity contribution in [1.29, 1.82) is 0 Å². The minimum atomic E-state index is -1.61. The number of aliphatic hydroxyl groups is 4. The number of benzene rings is 2. The SMILES string of the molecule is COc1c(O[C@@H]2O[C@H](CO)[C@@H](O)[C@H](O)[C@H]2O)ccc2c1oc(=O)c1cccc(OC)c12. The highest BCUT2D eigenvalue weighted by atomic mass is 16.7. The Kier molecular flexibility index (Phi) is 5.73. The Bertz CT molecular complexity index is 1150. The monoisotopic (exact) mass is 434 g/mol. The van der Waals surface area contributed by atoms with Crippen LogP contribution >= 0.6 is 0 Å². The van der Waals surface area contributed by atoms with Crippen LogP contribution in [0, 0.1) is 0 Å². The first kappa shape index (κ1) is 21.3. The topological polar surface area (TPSA) is 148 Å². The van der Waals surface area contributed by atoms with Crippen LogP contribution in [0.15, 0.2) is 39.5 Å². The van der Waals surface area contributed by atoms with E-state index in [-0.39, 0.29) is 17.1 Å². The quantitative estimate of drug-likeness (QED) is 0.323. The summed E-state index contributed by atoms with van der Waals surface area (Å²) in [6.07, 6.45) is -7.30. The zero-order chi connectivity index (χ0) is 22.3. The predicted molar refractivity (Wildman–Crippen MR) is 107 cm³/mol. The molecule has 0 aliphatic carbocycles. The van der Waals surface area contributed by atoms with Crippen molar-refractivity contribution >= 4 is 21.7 Å². The van der Waals surface area contributed by atoms with E-state index in [1.54, 1.807) is 24.3 Å². The molecule has 166 valence electrons. The maximum atomic E-state index is 12.6. The number of fused-ring (bicyclic) bond motifs is 3. The van der Waals surface area contributed by atoms with Gasteiger partial charge in [-0.3, -0.25) is 0 Å². The minimum Gasteiger partial charge on any atom is -0.496 e. The second-order valence-electron chi connectivity index (χ2n) is 7.06. The maximum Gasteiger partial charge on any atom is 0.344 e. The van der Waals surface area contributed by atoms with E-state index >= 15 is 0 Å². The lowest BCUT2D eigenvalue weighted by atomic mass is 9.99. The third-order valence-corrected chi connectivity index (χ3v) is 5.30. The number of rotatable bonds is 5. The van der Waals surface area contributed by atoms with E-state index in [0.29, 0.717) is 21.9 Å². The lowest BCUT2D eigenvalue weighted by Gasteiger charge is -2.39. The smallest absolute Gasteiger partial charge is 0.344 e. The molecule has 2 heterocycles. The highest BCUT2D eigenvalue weighted by Crippen LogP contribution is 2.41. The van der Waals surface area contributed by atoms with Crippen LogP contribution in [0.5, 0.6) is 17.2 Å². The van der Waals surface area contributed by atoms with Gasteiger partial charge >= 0.3 is 5.63 Å². The molecule has 3 aromatic rings. The van der Waals surface area contributed by atoms with Gasteiger partial charge in [0.05, 0.1) is 26.2 Å². The summed E-state index contributed by atoms with van der Waals surface area (Å²) in [5.41, 5.74) is -0.517. The first-order valence-corrected chi connectivity index (χ1v) is 9.49. The van der Waals surface area contributed by atoms with Gasteiger partial charge in [-0.15, -0.1) is 0 Å². The Balaban J connectivity index is 1.83. The molecule has 5 atom stereocenters. The molecule has 0 amide bonds. The number of ether oxygens (including phenoxy) is 4. The van der Waals surface area contributed by atoms with Crippen LogP contribution in [-0.4, -0.2) is 72.0 Å². The number of hydrogen-bond acceptors (Lipinski definition) is 10. The Hall–Kier alpha value is -2.89. The average Bonchev–Trinajstić information content (AvgIpc) is 2.78. The van der Waals surface area contributed by atoms with Gasteiger partial charge in [-0.25, -0.2) is 4.79 Å². The molecule has 4 N–H and O–H groups in total. The van der Waals surface area contributed by atoms with E-state index < -0.39 is 42.9 Å². The highest BCUT2D eigenvalue weighted by molar-refractivity contribution is 6.09. The van der Waals surface area contributed by atoms with Crippen molar-refractivity contribution in [2.75, 3.05) is 20.8 Å². The van der Waals surface area contributed by atoms with Crippen molar-refractivity contribution < 1.29 is 43.8 Å². The lowest BCUT2D eigenvalue weighted by molar-refractivity contribution is -0.277. The molecule has 1 aromatic heterocycles. The normalized spacial score (nSPS) is 26.2. The Labute approximate surface area is 175 Å². The summed E-state index contributed by atoms with van der Waals surface area (Å²) >= 11 is 0. The Morgan fingerprint density at radius 3 is 2.39 bits per heavy atom. The molecule has 0 radical (unpaired) electrons. The lowest BCUT2D eigenvalue weighted by Crippen LogP contribution is -2.60. The van der Waals surface area contributed by atoms with Crippen molar-refractivity contribution in [2.45, 2.75) is 30.7 Å². The van der Waals surface area contributed by atoms with Gasteiger partial charge in [0.15, 0.2) is 11.3 Å². The molecule has 31 heavy (non-hydrogen) atoms. The van der Waals surface area contributed by atoms with Gasteiger partial charge in [0.1, 0.15) is 30.2 Å². The fraction of sp³-hybridized carbons (Fsp3) is 0.381. The zero-order valence-electron chi connectivity index (χ0n) is 16.7. The van der Waals surface area contributed by atoms with Crippen LogP contribution in [-0.2, 0) is 4.74 Å². The molecular formula is C21H22O10.